The first kappa shape index (κ1) is 22.7. The molecule has 2 heterocycles. The van der Waals surface area contributed by atoms with E-state index in [0.717, 1.165) is 27.5 Å². The summed E-state index contributed by atoms with van der Waals surface area (Å²) in [5, 5.41) is 1.01. The minimum absolute atomic E-state index is 0.0735. The molecule has 2 aromatic carbocycles. The molecule has 1 aliphatic rings. The van der Waals surface area contributed by atoms with Gasteiger partial charge in [0.2, 0.25) is 5.91 Å². The molecule has 0 aliphatic carbocycles. The second-order valence-corrected chi connectivity index (χ2v) is 11.7. The molecule has 4 rings (SSSR count). The molecule has 6 nitrogen and oxygen atoms in total. The SMILES string of the molecule is O=C(CCS(=O)(=O)c1ccc(Cl)cc1)N(CC1CCCO1)c1nc2ccc(Br)cc2s1. The monoisotopic (exact) mass is 542 g/mol. The van der Waals surface area contributed by atoms with Gasteiger partial charge in [0.25, 0.3) is 0 Å². The Bertz CT molecular complexity index is 1190. The molecule has 1 saturated heterocycles. The number of benzene rings is 2. The number of amides is 1. The minimum Gasteiger partial charge on any atom is -0.376 e. The summed E-state index contributed by atoms with van der Waals surface area (Å²) in [4.78, 5) is 19.5. The highest BCUT2D eigenvalue weighted by Crippen LogP contribution is 2.32. The molecule has 1 atom stereocenters. The zero-order valence-electron chi connectivity index (χ0n) is 16.5. The van der Waals surface area contributed by atoms with Gasteiger partial charge in [-0.05, 0) is 55.3 Å². The summed E-state index contributed by atoms with van der Waals surface area (Å²) in [7, 11) is -3.61. The van der Waals surface area contributed by atoms with Crippen LogP contribution in [0.4, 0.5) is 5.13 Å². The molecule has 1 fully saturated rings. The van der Waals surface area contributed by atoms with E-state index in [0.29, 0.717) is 23.3 Å². The van der Waals surface area contributed by atoms with Gasteiger partial charge in [0.05, 0.1) is 33.5 Å². The third-order valence-corrected chi connectivity index (χ3v) is 8.56. The van der Waals surface area contributed by atoms with Gasteiger partial charge in [0.1, 0.15) is 0 Å². The van der Waals surface area contributed by atoms with Crippen molar-refractivity contribution in [2.75, 3.05) is 23.8 Å². The zero-order chi connectivity index (χ0) is 22.0. The highest BCUT2D eigenvalue weighted by molar-refractivity contribution is 9.10. The average Bonchev–Trinajstić information content (AvgIpc) is 3.39. The fourth-order valence-electron chi connectivity index (χ4n) is 3.40. The summed E-state index contributed by atoms with van der Waals surface area (Å²) < 4.78 is 32.9. The van der Waals surface area contributed by atoms with Crippen molar-refractivity contribution in [3.8, 4) is 0 Å². The average molecular weight is 544 g/mol. The molecule has 1 amide bonds. The number of thiazole rings is 1. The van der Waals surface area contributed by atoms with Crippen LogP contribution in [0.25, 0.3) is 10.2 Å². The Morgan fingerprint density at radius 2 is 2.03 bits per heavy atom. The summed E-state index contributed by atoms with van der Waals surface area (Å²) in [6.45, 7) is 1.03. The van der Waals surface area contributed by atoms with Crippen LogP contribution in [0.15, 0.2) is 51.8 Å². The number of halogens is 2. The van der Waals surface area contributed by atoms with Crippen molar-refractivity contribution in [3.05, 3.63) is 52.0 Å². The maximum absolute atomic E-state index is 13.1. The van der Waals surface area contributed by atoms with Crippen molar-refractivity contribution >= 4 is 70.0 Å². The molecule has 10 heteroatoms. The Balaban J connectivity index is 1.55. The van der Waals surface area contributed by atoms with Crippen LogP contribution in [0.3, 0.4) is 0 Å². The van der Waals surface area contributed by atoms with E-state index in [1.165, 1.54) is 35.6 Å². The molecule has 1 unspecified atom stereocenters. The predicted octanol–water partition coefficient (Wildman–Crippen LogP) is 5.09. The Hall–Kier alpha value is -1.52. The highest BCUT2D eigenvalue weighted by atomic mass is 79.9. The van der Waals surface area contributed by atoms with Crippen LogP contribution in [0.5, 0.6) is 0 Å². The van der Waals surface area contributed by atoms with Gasteiger partial charge in [0, 0.05) is 22.5 Å². The summed E-state index contributed by atoms with van der Waals surface area (Å²) in [6.07, 6.45) is 1.60. The maximum atomic E-state index is 13.1. The molecule has 164 valence electrons. The number of ether oxygens (including phenoxy) is 1. The number of hydrogen-bond donors (Lipinski definition) is 0. The number of fused-ring (bicyclic) bond motifs is 1. The van der Waals surface area contributed by atoms with Crippen molar-refractivity contribution in [1.82, 2.24) is 4.98 Å². The number of rotatable bonds is 7. The Morgan fingerprint density at radius 1 is 1.26 bits per heavy atom. The van der Waals surface area contributed by atoms with Gasteiger partial charge in [-0.15, -0.1) is 0 Å². The van der Waals surface area contributed by atoms with E-state index in [1.807, 2.05) is 18.2 Å². The lowest BCUT2D eigenvalue weighted by Crippen LogP contribution is -2.38. The number of carbonyl (C=O) groups is 1. The van der Waals surface area contributed by atoms with E-state index in [4.69, 9.17) is 16.3 Å². The molecule has 0 N–H and O–H groups in total. The molecule has 0 bridgehead atoms. The van der Waals surface area contributed by atoms with Crippen LogP contribution >= 0.6 is 38.9 Å². The minimum atomic E-state index is -3.61. The summed E-state index contributed by atoms with van der Waals surface area (Å²) in [6, 6.07) is 11.7. The lowest BCUT2D eigenvalue weighted by atomic mass is 10.2. The predicted molar refractivity (Wildman–Crippen MR) is 127 cm³/mol. The standard InChI is InChI=1S/C21H20BrClN2O4S2/c22-14-3-8-18-19(12-14)30-21(24-18)25(13-16-2-1-10-29-16)20(26)9-11-31(27,28)17-6-4-15(23)5-7-17/h3-8,12,16H,1-2,9-11,13H2. The van der Waals surface area contributed by atoms with Crippen LogP contribution in [0, 0.1) is 0 Å². The molecule has 1 aliphatic heterocycles. The van der Waals surface area contributed by atoms with E-state index in [1.54, 1.807) is 4.90 Å². The third-order valence-electron chi connectivity index (χ3n) is 5.04. The summed E-state index contributed by atoms with van der Waals surface area (Å²) in [5.74, 6) is -0.572. The second kappa shape index (κ2) is 9.54. The zero-order valence-corrected chi connectivity index (χ0v) is 20.4. The van der Waals surface area contributed by atoms with Gasteiger partial charge in [-0.3, -0.25) is 9.69 Å². The Labute approximate surface area is 198 Å². The first-order chi connectivity index (χ1) is 14.8. The Morgan fingerprint density at radius 3 is 2.74 bits per heavy atom. The topological polar surface area (TPSA) is 76.6 Å². The normalized spacial score (nSPS) is 16.6. The first-order valence-corrected chi connectivity index (χ1v) is 13.4. The fraction of sp³-hybridized carbons (Fsp3) is 0.333. The molecule has 3 aromatic rings. The highest BCUT2D eigenvalue weighted by Gasteiger charge is 2.27. The Kier molecular flexibility index (Phi) is 6.98. The van der Waals surface area contributed by atoms with Crippen LogP contribution < -0.4 is 4.90 Å². The van der Waals surface area contributed by atoms with Crippen molar-refractivity contribution in [1.29, 1.82) is 0 Å². The van der Waals surface area contributed by atoms with Gasteiger partial charge < -0.3 is 4.74 Å². The van der Waals surface area contributed by atoms with Crippen molar-refractivity contribution in [3.63, 3.8) is 0 Å². The number of sulfone groups is 1. The largest absolute Gasteiger partial charge is 0.376 e. The van der Waals surface area contributed by atoms with Gasteiger partial charge in [-0.25, -0.2) is 13.4 Å². The van der Waals surface area contributed by atoms with Crippen molar-refractivity contribution in [2.45, 2.75) is 30.3 Å². The number of anilines is 1. The lowest BCUT2D eigenvalue weighted by Gasteiger charge is -2.23. The molecule has 0 saturated carbocycles. The molecular weight excluding hydrogens is 524 g/mol. The number of carbonyl (C=O) groups excluding carboxylic acids is 1. The van der Waals surface area contributed by atoms with E-state index in [2.05, 4.69) is 20.9 Å². The molecular formula is C21H20BrClN2O4S2. The van der Waals surface area contributed by atoms with E-state index in [9.17, 15) is 13.2 Å². The number of aromatic nitrogens is 1. The smallest absolute Gasteiger partial charge is 0.229 e. The van der Waals surface area contributed by atoms with Gasteiger partial charge in [0.15, 0.2) is 15.0 Å². The number of nitrogens with zero attached hydrogens (tertiary/aromatic N) is 2. The first-order valence-electron chi connectivity index (χ1n) is 9.78. The second-order valence-electron chi connectivity index (χ2n) is 7.27. The third kappa shape index (κ3) is 5.46. The van der Waals surface area contributed by atoms with Gasteiger partial charge in [-0.1, -0.05) is 38.9 Å². The maximum Gasteiger partial charge on any atom is 0.229 e. The summed E-state index contributed by atoms with van der Waals surface area (Å²) >= 11 is 10.7. The summed E-state index contributed by atoms with van der Waals surface area (Å²) in [5.41, 5.74) is 0.794. The molecule has 0 radical (unpaired) electrons. The molecule has 31 heavy (non-hydrogen) atoms. The van der Waals surface area contributed by atoms with E-state index < -0.39 is 9.84 Å². The molecule has 1 aromatic heterocycles. The quantitative estimate of drug-likeness (QED) is 0.415. The lowest BCUT2D eigenvalue weighted by molar-refractivity contribution is -0.118. The van der Waals surface area contributed by atoms with E-state index in [-0.39, 0.29) is 29.1 Å². The van der Waals surface area contributed by atoms with Gasteiger partial charge in [-0.2, -0.15) is 0 Å². The van der Waals surface area contributed by atoms with E-state index >= 15 is 0 Å². The number of hydrogen-bond acceptors (Lipinski definition) is 6. The van der Waals surface area contributed by atoms with Crippen LogP contribution in [0.1, 0.15) is 19.3 Å². The van der Waals surface area contributed by atoms with Crippen molar-refractivity contribution < 1.29 is 17.9 Å². The van der Waals surface area contributed by atoms with Crippen LogP contribution in [-0.2, 0) is 19.4 Å². The molecule has 0 spiro atoms. The van der Waals surface area contributed by atoms with Crippen LogP contribution in [0.2, 0.25) is 5.02 Å². The van der Waals surface area contributed by atoms with Gasteiger partial charge >= 0.3 is 0 Å². The van der Waals surface area contributed by atoms with Crippen LogP contribution in [-0.4, -0.2) is 44.3 Å². The fourth-order valence-corrected chi connectivity index (χ4v) is 6.30. The van der Waals surface area contributed by atoms with Crippen molar-refractivity contribution in [2.24, 2.45) is 0 Å².